The molecular weight excluding hydrogens is 284 g/mol. The van der Waals surface area contributed by atoms with Crippen molar-refractivity contribution < 1.29 is 14.6 Å². The van der Waals surface area contributed by atoms with Gasteiger partial charge in [-0.2, -0.15) is 0 Å². The van der Waals surface area contributed by atoms with Crippen LogP contribution < -0.4 is 4.74 Å². The van der Waals surface area contributed by atoms with Crippen molar-refractivity contribution >= 4 is 29.3 Å². The van der Waals surface area contributed by atoms with Gasteiger partial charge >= 0.3 is 5.97 Å². The Balaban J connectivity index is 2.34. The predicted octanol–water partition coefficient (Wildman–Crippen LogP) is 4.20. The molecule has 0 saturated heterocycles. The van der Waals surface area contributed by atoms with E-state index in [1.54, 1.807) is 37.4 Å². The maximum Gasteiger partial charge on any atom is 0.336 e. The van der Waals surface area contributed by atoms with Crippen LogP contribution in [0.25, 0.3) is 0 Å². The van der Waals surface area contributed by atoms with Crippen molar-refractivity contribution in [1.29, 1.82) is 0 Å². The number of aromatic carboxylic acids is 1. The van der Waals surface area contributed by atoms with Gasteiger partial charge in [-0.15, -0.1) is 0 Å². The zero-order valence-electron chi connectivity index (χ0n) is 10.1. The molecule has 0 unspecified atom stereocenters. The van der Waals surface area contributed by atoms with Crippen LogP contribution in [0.3, 0.4) is 0 Å². The van der Waals surface area contributed by atoms with E-state index in [0.717, 1.165) is 4.90 Å². The summed E-state index contributed by atoms with van der Waals surface area (Å²) in [6.07, 6.45) is 0. The maximum atomic E-state index is 11.1. The highest BCUT2D eigenvalue weighted by Crippen LogP contribution is 2.35. The summed E-state index contributed by atoms with van der Waals surface area (Å²) in [5, 5.41) is 9.66. The van der Waals surface area contributed by atoms with E-state index in [4.69, 9.17) is 21.4 Å². The SMILES string of the molecule is COc1cc(Sc2ccccc2C(=O)O)ccc1Cl. The Hall–Kier alpha value is -1.65. The molecule has 1 N–H and O–H groups in total. The van der Waals surface area contributed by atoms with Crippen LogP contribution in [0.4, 0.5) is 0 Å². The summed E-state index contributed by atoms with van der Waals surface area (Å²) in [6, 6.07) is 12.2. The Kier molecular flexibility index (Phi) is 4.35. The van der Waals surface area contributed by atoms with Gasteiger partial charge in [0.2, 0.25) is 0 Å². The highest BCUT2D eigenvalue weighted by Gasteiger charge is 2.11. The smallest absolute Gasteiger partial charge is 0.336 e. The lowest BCUT2D eigenvalue weighted by Gasteiger charge is -2.08. The monoisotopic (exact) mass is 294 g/mol. The third-order valence-corrected chi connectivity index (χ3v) is 3.85. The summed E-state index contributed by atoms with van der Waals surface area (Å²) in [5.41, 5.74) is 0.279. The number of carboxylic acid groups (broad SMARTS) is 1. The molecule has 5 heteroatoms. The summed E-state index contributed by atoms with van der Waals surface area (Å²) >= 11 is 7.31. The van der Waals surface area contributed by atoms with Gasteiger partial charge < -0.3 is 9.84 Å². The number of benzene rings is 2. The number of halogens is 1. The molecule has 19 heavy (non-hydrogen) atoms. The molecule has 3 nitrogen and oxygen atoms in total. The molecule has 0 atom stereocenters. The van der Waals surface area contributed by atoms with Crippen molar-refractivity contribution in [2.24, 2.45) is 0 Å². The van der Waals surface area contributed by atoms with E-state index < -0.39 is 5.97 Å². The second-order valence-electron chi connectivity index (χ2n) is 3.70. The normalized spacial score (nSPS) is 10.2. The number of hydrogen-bond acceptors (Lipinski definition) is 3. The zero-order valence-corrected chi connectivity index (χ0v) is 11.7. The van der Waals surface area contributed by atoms with E-state index in [-0.39, 0.29) is 5.56 Å². The van der Waals surface area contributed by atoms with Gasteiger partial charge in [0.05, 0.1) is 17.7 Å². The molecule has 0 aliphatic rings. The lowest BCUT2D eigenvalue weighted by Crippen LogP contribution is -1.97. The molecule has 0 aliphatic heterocycles. The van der Waals surface area contributed by atoms with Crippen LogP contribution in [0.2, 0.25) is 5.02 Å². The summed E-state index contributed by atoms with van der Waals surface area (Å²) in [6.45, 7) is 0. The summed E-state index contributed by atoms with van der Waals surface area (Å²) in [5.74, 6) is -0.372. The number of hydrogen-bond donors (Lipinski definition) is 1. The van der Waals surface area contributed by atoms with E-state index in [9.17, 15) is 4.79 Å². The minimum atomic E-state index is -0.941. The van der Waals surface area contributed by atoms with Crippen molar-refractivity contribution in [3.05, 3.63) is 53.1 Å². The number of methoxy groups -OCH3 is 1. The summed E-state index contributed by atoms with van der Waals surface area (Å²) in [7, 11) is 1.54. The molecule has 0 radical (unpaired) electrons. The lowest BCUT2D eigenvalue weighted by molar-refractivity contribution is 0.0693. The first-order valence-electron chi connectivity index (χ1n) is 5.45. The van der Waals surface area contributed by atoms with Crippen LogP contribution in [0, 0.1) is 0 Å². The lowest BCUT2D eigenvalue weighted by atomic mass is 10.2. The molecule has 0 heterocycles. The zero-order chi connectivity index (χ0) is 13.8. The second-order valence-corrected chi connectivity index (χ2v) is 5.22. The van der Waals surface area contributed by atoms with Crippen LogP contribution in [-0.2, 0) is 0 Å². The first-order chi connectivity index (χ1) is 9.11. The third-order valence-electron chi connectivity index (χ3n) is 2.47. The van der Waals surface area contributed by atoms with Crippen molar-refractivity contribution in [2.45, 2.75) is 9.79 Å². The van der Waals surface area contributed by atoms with Crippen LogP contribution in [-0.4, -0.2) is 18.2 Å². The molecule has 0 spiro atoms. The van der Waals surface area contributed by atoms with Crippen molar-refractivity contribution in [3.63, 3.8) is 0 Å². The Morgan fingerprint density at radius 2 is 2.00 bits per heavy atom. The molecule has 2 aromatic rings. The van der Waals surface area contributed by atoms with Gasteiger partial charge in [-0.3, -0.25) is 0 Å². The fraction of sp³-hybridized carbons (Fsp3) is 0.0714. The third kappa shape index (κ3) is 3.22. The topological polar surface area (TPSA) is 46.5 Å². The number of ether oxygens (including phenoxy) is 1. The highest BCUT2D eigenvalue weighted by molar-refractivity contribution is 7.99. The Bertz CT molecular complexity index is 613. The number of carbonyl (C=O) groups is 1. The quantitative estimate of drug-likeness (QED) is 0.918. The standard InChI is InChI=1S/C14H11ClO3S/c1-18-12-8-9(6-7-11(12)15)19-13-5-3-2-4-10(13)14(16)17/h2-8H,1H3,(H,16,17). The fourth-order valence-electron chi connectivity index (χ4n) is 1.56. The molecule has 98 valence electrons. The molecule has 0 aromatic heterocycles. The van der Waals surface area contributed by atoms with Gasteiger partial charge in [-0.1, -0.05) is 35.5 Å². The minimum Gasteiger partial charge on any atom is -0.495 e. The minimum absolute atomic E-state index is 0.279. The van der Waals surface area contributed by atoms with Gasteiger partial charge in [-0.25, -0.2) is 4.79 Å². The van der Waals surface area contributed by atoms with Crippen LogP contribution in [0.15, 0.2) is 52.3 Å². The number of carboxylic acids is 1. The van der Waals surface area contributed by atoms with Gasteiger partial charge in [0, 0.05) is 9.79 Å². The largest absolute Gasteiger partial charge is 0.495 e. The van der Waals surface area contributed by atoms with Gasteiger partial charge in [0.15, 0.2) is 0 Å². The van der Waals surface area contributed by atoms with E-state index >= 15 is 0 Å². The molecule has 2 aromatic carbocycles. The second kappa shape index (κ2) is 5.99. The van der Waals surface area contributed by atoms with E-state index in [2.05, 4.69) is 0 Å². The van der Waals surface area contributed by atoms with Crippen LogP contribution >= 0.6 is 23.4 Å². The van der Waals surface area contributed by atoms with E-state index in [1.807, 2.05) is 12.1 Å². The Labute approximate surface area is 120 Å². The van der Waals surface area contributed by atoms with Gasteiger partial charge in [-0.05, 0) is 30.3 Å². The molecule has 2 rings (SSSR count). The van der Waals surface area contributed by atoms with E-state index in [1.165, 1.54) is 11.8 Å². The molecule has 0 bridgehead atoms. The van der Waals surface area contributed by atoms with Gasteiger partial charge in [0.25, 0.3) is 0 Å². The molecule has 0 amide bonds. The van der Waals surface area contributed by atoms with E-state index in [0.29, 0.717) is 15.7 Å². The molecular formula is C14H11ClO3S. The fourth-order valence-corrected chi connectivity index (χ4v) is 2.73. The van der Waals surface area contributed by atoms with Gasteiger partial charge in [0.1, 0.15) is 5.75 Å². The Morgan fingerprint density at radius 3 is 2.68 bits per heavy atom. The molecule has 0 saturated carbocycles. The summed E-state index contributed by atoms with van der Waals surface area (Å²) in [4.78, 5) is 12.7. The van der Waals surface area contributed by atoms with Crippen molar-refractivity contribution in [2.75, 3.05) is 7.11 Å². The van der Waals surface area contributed by atoms with Crippen LogP contribution in [0.5, 0.6) is 5.75 Å². The molecule has 0 fully saturated rings. The maximum absolute atomic E-state index is 11.1. The average Bonchev–Trinajstić information content (AvgIpc) is 2.41. The Morgan fingerprint density at radius 1 is 1.26 bits per heavy atom. The van der Waals surface area contributed by atoms with Crippen LogP contribution in [0.1, 0.15) is 10.4 Å². The molecule has 0 aliphatic carbocycles. The predicted molar refractivity (Wildman–Crippen MR) is 75.5 cm³/mol. The van der Waals surface area contributed by atoms with Crippen molar-refractivity contribution in [3.8, 4) is 5.75 Å². The van der Waals surface area contributed by atoms with Crippen molar-refractivity contribution in [1.82, 2.24) is 0 Å². The average molecular weight is 295 g/mol. The summed E-state index contributed by atoms with van der Waals surface area (Å²) < 4.78 is 5.14. The number of rotatable bonds is 4. The first-order valence-corrected chi connectivity index (χ1v) is 6.65. The first kappa shape index (κ1) is 13.8. The highest BCUT2D eigenvalue weighted by atomic mass is 35.5.